The van der Waals surface area contributed by atoms with Crippen molar-refractivity contribution in [2.75, 3.05) is 19.6 Å². The Labute approximate surface area is 119 Å². The molecule has 0 bridgehead atoms. The van der Waals surface area contributed by atoms with Crippen LogP contribution in [0, 0.1) is 10.1 Å². The number of piperazine rings is 1. The molecule has 21 heavy (non-hydrogen) atoms. The average molecular weight is 303 g/mol. The van der Waals surface area contributed by atoms with Crippen molar-refractivity contribution in [1.82, 2.24) is 10.2 Å². The van der Waals surface area contributed by atoms with Gasteiger partial charge in [0, 0.05) is 44.4 Å². The highest BCUT2D eigenvalue weighted by Crippen LogP contribution is 2.35. The molecule has 1 unspecified atom stereocenters. The topological polar surface area (TPSA) is 58.4 Å². The third-order valence-electron chi connectivity index (χ3n) is 3.62. The fraction of sp³-hybridized carbons (Fsp3) is 0.538. The molecule has 0 aliphatic carbocycles. The van der Waals surface area contributed by atoms with E-state index in [1.54, 1.807) is 0 Å². The Bertz CT molecular complexity index is 534. The number of hydrogen-bond donors (Lipinski definition) is 1. The molecular formula is C13H16F3N3O2. The molecule has 1 aromatic carbocycles. The Hall–Kier alpha value is -1.67. The lowest BCUT2D eigenvalue weighted by Crippen LogP contribution is -2.49. The van der Waals surface area contributed by atoms with Crippen LogP contribution in [0.2, 0.25) is 0 Å². The van der Waals surface area contributed by atoms with Gasteiger partial charge in [-0.2, -0.15) is 13.2 Å². The Morgan fingerprint density at radius 3 is 2.76 bits per heavy atom. The van der Waals surface area contributed by atoms with Crippen molar-refractivity contribution in [3.8, 4) is 0 Å². The van der Waals surface area contributed by atoms with Gasteiger partial charge < -0.3 is 5.32 Å². The SMILES string of the molecule is CC1CNCCN1Cc1ccc([N+](=O)[O-])cc1C(F)(F)F. The van der Waals surface area contributed by atoms with E-state index < -0.39 is 22.4 Å². The van der Waals surface area contributed by atoms with E-state index in [1.165, 1.54) is 6.07 Å². The van der Waals surface area contributed by atoms with Crippen molar-refractivity contribution in [3.05, 3.63) is 39.4 Å². The van der Waals surface area contributed by atoms with Crippen LogP contribution in [-0.2, 0) is 12.7 Å². The van der Waals surface area contributed by atoms with Gasteiger partial charge in [-0.3, -0.25) is 15.0 Å². The summed E-state index contributed by atoms with van der Waals surface area (Å²) < 4.78 is 39.3. The van der Waals surface area contributed by atoms with Gasteiger partial charge in [-0.05, 0) is 12.5 Å². The molecule has 1 aliphatic rings. The number of nitro benzene ring substituents is 1. The minimum absolute atomic E-state index is 0.0712. The van der Waals surface area contributed by atoms with E-state index in [-0.39, 0.29) is 18.2 Å². The molecule has 0 radical (unpaired) electrons. The van der Waals surface area contributed by atoms with Crippen molar-refractivity contribution in [3.63, 3.8) is 0 Å². The number of nitrogens with zero attached hydrogens (tertiary/aromatic N) is 2. The Morgan fingerprint density at radius 2 is 2.19 bits per heavy atom. The van der Waals surface area contributed by atoms with Crippen molar-refractivity contribution in [2.24, 2.45) is 0 Å². The zero-order chi connectivity index (χ0) is 15.6. The maximum Gasteiger partial charge on any atom is 0.416 e. The lowest BCUT2D eigenvalue weighted by Gasteiger charge is -2.34. The zero-order valence-corrected chi connectivity index (χ0v) is 11.5. The van der Waals surface area contributed by atoms with Gasteiger partial charge in [0.2, 0.25) is 0 Å². The van der Waals surface area contributed by atoms with Gasteiger partial charge in [0.1, 0.15) is 0 Å². The molecule has 0 aromatic heterocycles. The number of hydrogen-bond acceptors (Lipinski definition) is 4. The molecule has 1 heterocycles. The molecule has 1 atom stereocenters. The Kier molecular flexibility index (Phi) is 4.48. The minimum atomic E-state index is -4.60. The summed E-state index contributed by atoms with van der Waals surface area (Å²) in [6.45, 7) is 4.16. The smallest absolute Gasteiger partial charge is 0.314 e. The molecule has 5 nitrogen and oxygen atoms in total. The minimum Gasteiger partial charge on any atom is -0.314 e. The van der Waals surface area contributed by atoms with Gasteiger partial charge in [0.25, 0.3) is 5.69 Å². The van der Waals surface area contributed by atoms with Gasteiger partial charge in [-0.1, -0.05) is 6.07 Å². The Balaban J connectivity index is 2.31. The molecule has 0 spiro atoms. The molecule has 1 fully saturated rings. The van der Waals surface area contributed by atoms with Crippen LogP contribution in [0.4, 0.5) is 18.9 Å². The first-order chi connectivity index (χ1) is 9.79. The van der Waals surface area contributed by atoms with E-state index in [0.717, 1.165) is 12.6 Å². The summed E-state index contributed by atoms with van der Waals surface area (Å²) in [5, 5.41) is 13.8. The van der Waals surface area contributed by atoms with Crippen molar-refractivity contribution in [1.29, 1.82) is 0 Å². The lowest BCUT2D eigenvalue weighted by molar-refractivity contribution is -0.385. The van der Waals surface area contributed by atoms with Crippen LogP contribution in [0.5, 0.6) is 0 Å². The van der Waals surface area contributed by atoms with Crippen LogP contribution < -0.4 is 5.32 Å². The van der Waals surface area contributed by atoms with Gasteiger partial charge in [-0.15, -0.1) is 0 Å². The number of alkyl halides is 3. The van der Waals surface area contributed by atoms with E-state index in [0.29, 0.717) is 19.2 Å². The zero-order valence-electron chi connectivity index (χ0n) is 11.5. The third-order valence-corrected chi connectivity index (χ3v) is 3.62. The number of benzene rings is 1. The summed E-state index contributed by atoms with van der Waals surface area (Å²) in [5.41, 5.74) is -1.40. The van der Waals surface area contributed by atoms with Crippen LogP contribution in [-0.4, -0.2) is 35.5 Å². The van der Waals surface area contributed by atoms with E-state index in [1.807, 2.05) is 11.8 Å². The number of halogens is 3. The monoisotopic (exact) mass is 303 g/mol. The lowest BCUT2D eigenvalue weighted by atomic mass is 10.0. The summed E-state index contributed by atoms with van der Waals surface area (Å²) in [6.07, 6.45) is -4.60. The predicted molar refractivity (Wildman–Crippen MR) is 70.8 cm³/mol. The molecule has 0 saturated carbocycles. The molecule has 1 saturated heterocycles. The summed E-state index contributed by atoms with van der Waals surface area (Å²) in [6, 6.07) is 3.06. The van der Waals surface area contributed by atoms with Gasteiger partial charge >= 0.3 is 6.18 Å². The van der Waals surface area contributed by atoms with E-state index >= 15 is 0 Å². The van der Waals surface area contributed by atoms with Gasteiger partial charge in [-0.25, -0.2) is 0 Å². The summed E-state index contributed by atoms with van der Waals surface area (Å²) in [7, 11) is 0. The largest absolute Gasteiger partial charge is 0.416 e. The maximum absolute atomic E-state index is 13.1. The fourth-order valence-corrected chi connectivity index (χ4v) is 2.42. The molecule has 1 N–H and O–H groups in total. The van der Waals surface area contributed by atoms with Crippen LogP contribution in [0.15, 0.2) is 18.2 Å². The molecule has 116 valence electrons. The molecule has 0 amide bonds. The predicted octanol–water partition coefficient (Wildman–Crippen LogP) is 2.41. The van der Waals surface area contributed by atoms with Crippen molar-refractivity contribution in [2.45, 2.75) is 25.7 Å². The molecule has 1 aliphatic heterocycles. The molecule has 8 heteroatoms. The van der Waals surface area contributed by atoms with Gasteiger partial charge in [0.05, 0.1) is 10.5 Å². The van der Waals surface area contributed by atoms with E-state index in [4.69, 9.17) is 0 Å². The van der Waals surface area contributed by atoms with Crippen LogP contribution in [0.1, 0.15) is 18.1 Å². The Morgan fingerprint density at radius 1 is 1.48 bits per heavy atom. The molecule has 1 aromatic rings. The van der Waals surface area contributed by atoms with Gasteiger partial charge in [0.15, 0.2) is 0 Å². The summed E-state index contributed by atoms with van der Waals surface area (Å²) in [5.74, 6) is 0. The number of nitro groups is 1. The van der Waals surface area contributed by atoms with Crippen LogP contribution >= 0.6 is 0 Å². The number of non-ortho nitro benzene ring substituents is 1. The number of rotatable bonds is 3. The average Bonchev–Trinajstić information content (AvgIpc) is 2.40. The highest BCUT2D eigenvalue weighted by atomic mass is 19.4. The second-order valence-electron chi connectivity index (χ2n) is 5.12. The van der Waals surface area contributed by atoms with E-state index in [9.17, 15) is 23.3 Å². The second-order valence-corrected chi connectivity index (χ2v) is 5.12. The van der Waals surface area contributed by atoms with Crippen molar-refractivity contribution < 1.29 is 18.1 Å². The summed E-state index contributed by atoms with van der Waals surface area (Å²) in [4.78, 5) is 11.8. The maximum atomic E-state index is 13.1. The first-order valence-electron chi connectivity index (χ1n) is 6.58. The highest BCUT2D eigenvalue weighted by Gasteiger charge is 2.35. The molecule has 2 rings (SSSR count). The number of nitrogens with one attached hydrogen (secondary N) is 1. The quantitative estimate of drug-likeness (QED) is 0.688. The first-order valence-corrected chi connectivity index (χ1v) is 6.58. The van der Waals surface area contributed by atoms with Crippen LogP contribution in [0.3, 0.4) is 0 Å². The first kappa shape index (κ1) is 15.7. The normalized spacial score (nSPS) is 20.5. The van der Waals surface area contributed by atoms with Crippen molar-refractivity contribution >= 4 is 5.69 Å². The van der Waals surface area contributed by atoms with E-state index in [2.05, 4.69) is 5.32 Å². The second kappa shape index (κ2) is 5.98. The van der Waals surface area contributed by atoms with Crippen LogP contribution in [0.25, 0.3) is 0 Å². The third kappa shape index (κ3) is 3.70. The summed E-state index contributed by atoms with van der Waals surface area (Å²) >= 11 is 0. The highest BCUT2D eigenvalue weighted by molar-refractivity contribution is 5.41. The molecular weight excluding hydrogens is 287 g/mol. The standard InChI is InChI=1S/C13H16F3N3O2/c1-9-7-17-4-5-18(9)8-10-2-3-11(19(20)21)6-12(10)13(14,15)16/h2-3,6,9,17H,4-5,7-8H2,1H3. The fourth-order valence-electron chi connectivity index (χ4n) is 2.42.